The maximum absolute atomic E-state index is 12.5. The zero-order chi connectivity index (χ0) is 17.6. The van der Waals surface area contributed by atoms with Gasteiger partial charge in [0.15, 0.2) is 0 Å². The number of anilines is 1. The van der Waals surface area contributed by atoms with Crippen LogP contribution in [0, 0.1) is 0 Å². The van der Waals surface area contributed by atoms with Crippen LogP contribution in [0.4, 0.5) is 5.82 Å². The second-order valence-electron chi connectivity index (χ2n) is 6.18. The number of carbonyl (C=O) groups is 1. The van der Waals surface area contributed by atoms with E-state index in [-0.39, 0.29) is 11.9 Å². The van der Waals surface area contributed by atoms with Crippen LogP contribution < -0.4 is 10.2 Å². The number of rotatable bonds is 5. The van der Waals surface area contributed by atoms with Gasteiger partial charge >= 0.3 is 0 Å². The van der Waals surface area contributed by atoms with E-state index < -0.39 is 0 Å². The summed E-state index contributed by atoms with van der Waals surface area (Å²) in [5.41, 5.74) is 1.01. The number of aromatic nitrogens is 1. The zero-order valence-corrected chi connectivity index (χ0v) is 15.1. The van der Waals surface area contributed by atoms with Gasteiger partial charge in [-0.05, 0) is 30.7 Å². The average molecular weight is 359 g/mol. The Bertz CT molecular complexity index is 702. The molecule has 2 aromatic rings. The number of carbonyl (C=O) groups excluding carboxylic acids is 1. The summed E-state index contributed by atoms with van der Waals surface area (Å²) in [6.07, 6.45) is 1.80. The average Bonchev–Trinajstić information content (AvgIpc) is 2.67. The third-order valence-electron chi connectivity index (χ3n) is 4.54. The Morgan fingerprint density at radius 1 is 1.16 bits per heavy atom. The van der Waals surface area contributed by atoms with Gasteiger partial charge in [0.1, 0.15) is 5.82 Å². The molecule has 1 fully saturated rings. The molecule has 1 saturated heterocycles. The van der Waals surface area contributed by atoms with Gasteiger partial charge in [-0.25, -0.2) is 4.98 Å². The number of piperazine rings is 1. The van der Waals surface area contributed by atoms with Crippen molar-refractivity contribution in [3.8, 4) is 0 Å². The van der Waals surface area contributed by atoms with Crippen LogP contribution in [0.25, 0.3) is 0 Å². The van der Waals surface area contributed by atoms with Crippen molar-refractivity contribution in [2.75, 3.05) is 37.6 Å². The minimum atomic E-state index is 0.0347. The van der Waals surface area contributed by atoms with E-state index in [1.165, 1.54) is 0 Å². The van der Waals surface area contributed by atoms with E-state index in [0.29, 0.717) is 6.54 Å². The maximum Gasteiger partial charge on any atom is 0.236 e. The molecule has 1 aliphatic rings. The molecule has 132 valence electrons. The van der Waals surface area contributed by atoms with Gasteiger partial charge in [-0.1, -0.05) is 35.9 Å². The van der Waals surface area contributed by atoms with Crippen LogP contribution >= 0.6 is 11.6 Å². The summed E-state index contributed by atoms with van der Waals surface area (Å²) in [4.78, 5) is 20.9. The molecule has 0 spiro atoms. The Kier molecular flexibility index (Phi) is 5.89. The fraction of sp³-hybridized carbons (Fsp3) is 0.368. The molecule has 1 N–H and O–H groups in total. The number of hydrogen-bond acceptors (Lipinski definition) is 4. The van der Waals surface area contributed by atoms with Crippen molar-refractivity contribution in [2.45, 2.75) is 13.0 Å². The van der Waals surface area contributed by atoms with Crippen LogP contribution in [-0.4, -0.2) is 48.5 Å². The Labute approximate surface area is 153 Å². The summed E-state index contributed by atoms with van der Waals surface area (Å²) >= 11 is 6.21. The van der Waals surface area contributed by atoms with E-state index in [1.54, 1.807) is 6.20 Å². The first-order valence-corrected chi connectivity index (χ1v) is 8.94. The van der Waals surface area contributed by atoms with Crippen LogP contribution in [0.2, 0.25) is 5.02 Å². The molecule has 0 aliphatic carbocycles. The lowest BCUT2D eigenvalue weighted by atomic mass is 10.1. The van der Waals surface area contributed by atoms with Gasteiger partial charge < -0.3 is 15.1 Å². The Morgan fingerprint density at radius 2 is 1.88 bits per heavy atom. The standard InChI is InChI=1S/C19H23ClN4O/c1-15(16-6-2-3-7-17(16)20)22-14-19(25)24-12-10-23(11-13-24)18-8-4-5-9-21-18/h2-9,15,22H,10-14H2,1H3. The number of halogens is 1. The number of nitrogens with zero attached hydrogens (tertiary/aromatic N) is 3. The highest BCUT2D eigenvalue weighted by Gasteiger charge is 2.22. The second-order valence-corrected chi connectivity index (χ2v) is 6.59. The first kappa shape index (κ1) is 17.7. The van der Waals surface area contributed by atoms with Gasteiger partial charge in [-0.15, -0.1) is 0 Å². The molecule has 1 unspecified atom stereocenters. The van der Waals surface area contributed by atoms with Gasteiger partial charge in [-0.2, -0.15) is 0 Å². The molecule has 1 aromatic heterocycles. The molecule has 0 radical (unpaired) electrons. The molecule has 3 rings (SSSR count). The number of pyridine rings is 1. The molecule has 25 heavy (non-hydrogen) atoms. The van der Waals surface area contributed by atoms with Gasteiger partial charge in [0.05, 0.1) is 6.54 Å². The highest BCUT2D eigenvalue weighted by Crippen LogP contribution is 2.22. The third-order valence-corrected chi connectivity index (χ3v) is 4.88. The number of hydrogen-bond donors (Lipinski definition) is 1. The quantitative estimate of drug-likeness (QED) is 0.892. The van der Waals surface area contributed by atoms with Crippen molar-refractivity contribution >= 4 is 23.3 Å². The molecule has 6 heteroatoms. The minimum Gasteiger partial charge on any atom is -0.353 e. The van der Waals surface area contributed by atoms with Crippen molar-refractivity contribution in [3.63, 3.8) is 0 Å². The molecule has 5 nitrogen and oxygen atoms in total. The first-order chi connectivity index (χ1) is 12.1. The van der Waals surface area contributed by atoms with E-state index in [2.05, 4.69) is 15.2 Å². The molecular formula is C19H23ClN4O. The van der Waals surface area contributed by atoms with E-state index >= 15 is 0 Å². The SMILES string of the molecule is CC(NCC(=O)N1CCN(c2ccccn2)CC1)c1ccccc1Cl. The van der Waals surface area contributed by atoms with Crippen molar-refractivity contribution in [2.24, 2.45) is 0 Å². The monoisotopic (exact) mass is 358 g/mol. The van der Waals surface area contributed by atoms with E-state index in [4.69, 9.17) is 11.6 Å². The third kappa shape index (κ3) is 4.50. The summed E-state index contributed by atoms with van der Waals surface area (Å²) in [6.45, 7) is 5.39. The van der Waals surface area contributed by atoms with E-state index in [9.17, 15) is 4.79 Å². The molecule has 1 amide bonds. The van der Waals surface area contributed by atoms with Crippen LogP contribution in [0.5, 0.6) is 0 Å². The van der Waals surface area contributed by atoms with Gasteiger partial charge in [0.2, 0.25) is 5.91 Å². The number of benzene rings is 1. The Morgan fingerprint density at radius 3 is 2.56 bits per heavy atom. The van der Waals surface area contributed by atoms with Crippen molar-refractivity contribution in [1.82, 2.24) is 15.2 Å². The predicted octanol–water partition coefficient (Wildman–Crippen LogP) is 2.73. The molecule has 1 aromatic carbocycles. The van der Waals surface area contributed by atoms with Gasteiger partial charge in [0.25, 0.3) is 0 Å². The van der Waals surface area contributed by atoms with Crippen LogP contribution in [-0.2, 0) is 4.79 Å². The lowest BCUT2D eigenvalue weighted by molar-refractivity contribution is -0.130. The topological polar surface area (TPSA) is 48.5 Å². The Balaban J connectivity index is 1.47. The second kappa shape index (κ2) is 8.32. The van der Waals surface area contributed by atoms with Gasteiger partial charge in [-0.3, -0.25) is 4.79 Å². The fourth-order valence-electron chi connectivity index (χ4n) is 3.01. The lowest BCUT2D eigenvalue weighted by Crippen LogP contribution is -2.51. The van der Waals surface area contributed by atoms with Crippen molar-refractivity contribution < 1.29 is 4.79 Å². The fourth-order valence-corrected chi connectivity index (χ4v) is 3.31. The highest BCUT2D eigenvalue weighted by molar-refractivity contribution is 6.31. The minimum absolute atomic E-state index is 0.0347. The van der Waals surface area contributed by atoms with Crippen LogP contribution in [0.15, 0.2) is 48.7 Å². The summed E-state index contributed by atoms with van der Waals surface area (Å²) in [7, 11) is 0. The largest absolute Gasteiger partial charge is 0.353 e. The van der Waals surface area contributed by atoms with Crippen LogP contribution in [0.1, 0.15) is 18.5 Å². The predicted molar refractivity (Wildman–Crippen MR) is 101 cm³/mol. The maximum atomic E-state index is 12.5. The normalized spacial score (nSPS) is 15.9. The summed E-state index contributed by atoms with van der Waals surface area (Å²) in [6, 6.07) is 13.7. The summed E-state index contributed by atoms with van der Waals surface area (Å²) in [5.74, 6) is 1.10. The lowest BCUT2D eigenvalue weighted by Gasteiger charge is -2.35. The van der Waals surface area contributed by atoms with E-state index in [1.807, 2.05) is 54.3 Å². The highest BCUT2D eigenvalue weighted by atomic mass is 35.5. The molecule has 1 atom stereocenters. The Hall–Kier alpha value is -2.11. The summed E-state index contributed by atoms with van der Waals surface area (Å²) < 4.78 is 0. The van der Waals surface area contributed by atoms with Crippen molar-refractivity contribution in [1.29, 1.82) is 0 Å². The molecule has 1 aliphatic heterocycles. The van der Waals surface area contributed by atoms with Crippen LogP contribution in [0.3, 0.4) is 0 Å². The number of nitrogens with one attached hydrogen (secondary N) is 1. The zero-order valence-electron chi connectivity index (χ0n) is 14.4. The summed E-state index contributed by atoms with van der Waals surface area (Å²) in [5, 5.41) is 4.00. The molecular weight excluding hydrogens is 336 g/mol. The molecule has 2 heterocycles. The number of amides is 1. The molecule has 0 saturated carbocycles. The first-order valence-electron chi connectivity index (χ1n) is 8.56. The smallest absolute Gasteiger partial charge is 0.236 e. The van der Waals surface area contributed by atoms with Crippen molar-refractivity contribution in [3.05, 3.63) is 59.2 Å². The van der Waals surface area contributed by atoms with Gasteiger partial charge in [0, 0.05) is 43.4 Å². The van der Waals surface area contributed by atoms with E-state index in [0.717, 1.165) is 42.6 Å². The molecule has 0 bridgehead atoms.